The lowest BCUT2D eigenvalue weighted by molar-refractivity contribution is -0.149. The zero-order valence-corrected chi connectivity index (χ0v) is 9.56. The average Bonchev–Trinajstić information content (AvgIpc) is 2.30. The maximum atomic E-state index is 12.6. The lowest BCUT2D eigenvalue weighted by Gasteiger charge is -2.09. The normalized spacial score (nSPS) is 12.1. The largest absolute Gasteiger partial charge is 0.494 e. The number of benzene rings is 1. The van der Waals surface area contributed by atoms with Crippen molar-refractivity contribution in [3.05, 3.63) is 30.1 Å². The van der Waals surface area contributed by atoms with E-state index in [1.165, 1.54) is 31.2 Å². The van der Waals surface area contributed by atoms with Gasteiger partial charge >= 0.3 is 5.97 Å². The van der Waals surface area contributed by atoms with Gasteiger partial charge in [0, 0.05) is 6.42 Å². The van der Waals surface area contributed by atoms with Crippen LogP contribution in [0.2, 0.25) is 0 Å². The fourth-order valence-electron chi connectivity index (χ4n) is 1.11. The van der Waals surface area contributed by atoms with E-state index in [9.17, 15) is 9.18 Å². The summed E-state index contributed by atoms with van der Waals surface area (Å²) < 4.78 is 22.9. The standard InChI is InChI=1S/C12H15FO4/c1-9(12(14)15)16-7-2-8-17-11-5-3-10(13)4-6-11/h3-6,9H,2,7-8H2,1H3,(H,14,15)/t9-/m0/s1. The van der Waals surface area contributed by atoms with E-state index in [1.807, 2.05) is 0 Å². The molecule has 17 heavy (non-hydrogen) atoms. The molecule has 0 aliphatic carbocycles. The van der Waals surface area contributed by atoms with Crippen LogP contribution in [0.1, 0.15) is 13.3 Å². The van der Waals surface area contributed by atoms with Crippen molar-refractivity contribution in [2.45, 2.75) is 19.4 Å². The smallest absolute Gasteiger partial charge is 0.332 e. The van der Waals surface area contributed by atoms with Crippen molar-refractivity contribution in [1.82, 2.24) is 0 Å². The molecule has 0 spiro atoms. The zero-order valence-electron chi connectivity index (χ0n) is 9.56. The van der Waals surface area contributed by atoms with Crippen molar-refractivity contribution in [3.63, 3.8) is 0 Å². The van der Waals surface area contributed by atoms with Gasteiger partial charge in [0.25, 0.3) is 0 Å². The topological polar surface area (TPSA) is 55.8 Å². The van der Waals surface area contributed by atoms with Crippen LogP contribution in [0.5, 0.6) is 5.75 Å². The Labute approximate surface area is 99.0 Å². The molecule has 0 unspecified atom stereocenters. The van der Waals surface area contributed by atoms with Gasteiger partial charge in [-0.25, -0.2) is 9.18 Å². The molecule has 5 heteroatoms. The minimum atomic E-state index is -0.982. The Bertz CT molecular complexity index is 350. The molecule has 1 aromatic rings. The van der Waals surface area contributed by atoms with Crippen LogP contribution in [0, 0.1) is 5.82 Å². The Morgan fingerprint density at radius 3 is 2.59 bits per heavy atom. The summed E-state index contributed by atoms with van der Waals surface area (Å²) in [7, 11) is 0. The highest BCUT2D eigenvalue weighted by molar-refractivity contribution is 5.71. The molecule has 0 aliphatic rings. The molecule has 0 amide bonds. The number of hydrogen-bond acceptors (Lipinski definition) is 3. The maximum Gasteiger partial charge on any atom is 0.332 e. The predicted octanol–water partition coefficient (Wildman–Crippen LogP) is 2.08. The van der Waals surface area contributed by atoms with Gasteiger partial charge in [0.15, 0.2) is 6.10 Å². The van der Waals surface area contributed by atoms with Crippen LogP contribution in [0.15, 0.2) is 24.3 Å². The van der Waals surface area contributed by atoms with Gasteiger partial charge in [-0.15, -0.1) is 0 Å². The quantitative estimate of drug-likeness (QED) is 0.744. The van der Waals surface area contributed by atoms with Crippen LogP contribution in [-0.2, 0) is 9.53 Å². The zero-order chi connectivity index (χ0) is 12.7. The number of carboxylic acids is 1. The van der Waals surface area contributed by atoms with Crippen molar-refractivity contribution in [1.29, 1.82) is 0 Å². The van der Waals surface area contributed by atoms with E-state index < -0.39 is 12.1 Å². The average molecular weight is 242 g/mol. The van der Waals surface area contributed by atoms with E-state index in [-0.39, 0.29) is 5.82 Å². The molecular weight excluding hydrogens is 227 g/mol. The molecule has 94 valence electrons. The molecule has 1 N–H and O–H groups in total. The maximum absolute atomic E-state index is 12.6. The van der Waals surface area contributed by atoms with Gasteiger partial charge in [-0.2, -0.15) is 0 Å². The van der Waals surface area contributed by atoms with Crippen molar-refractivity contribution >= 4 is 5.97 Å². The molecule has 0 radical (unpaired) electrons. The highest BCUT2D eigenvalue weighted by Gasteiger charge is 2.09. The Kier molecular flexibility index (Phi) is 5.42. The third kappa shape index (κ3) is 5.31. The van der Waals surface area contributed by atoms with E-state index in [0.717, 1.165) is 0 Å². The number of carboxylic acid groups (broad SMARTS) is 1. The molecule has 0 fully saturated rings. The summed E-state index contributed by atoms with van der Waals surface area (Å²) in [6.07, 6.45) is -0.226. The van der Waals surface area contributed by atoms with Crippen LogP contribution >= 0.6 is 0 Å². The Morgan fingerprint density at radius 2 is 2.00 bits per heavy atom. The molecule has 0 heterocycles. The molecule has 0 saturated carbocycles. The van der Waals surface area contributed by atoms with E-state index in [4.69, 9.17) is 14.6 Å². The monoisotopic (exact) mass is 242 g/mol. The van der Waals surface area contributed by atoms with E-state index >= 15 is 0 Å². The summed E-state index contributed by atoms with van der Waals surface area (Å²) in [5.74, 6) is -0.710. The Morgan fingerprint density at radius 1 is 1.35 bits per heavy atom. The van der Waals surface area contributed by atoms with Crippen LogP contribution in [-0.4, -0.2) is 30.4 Å². The highest BCUT2D eigenvalue weighted by Crippen LogP contribution is 2.11. The van der Waals surface area contributed by atoms with Crippen LogP contribution < -0.4 is 4.74 Å². The highest BCUT2D eigenvalue weighted by atomic mass is 19.1. The van der Waals surface area contributed by atoms with Crippen molar-refractivity contribution in [3.8, 4) is 5.75 Å². The van der Waals surface area contributed by atoms with Crippen LogP contribution in [0.4, 0.5) is 4.39 Å². The van der Waals surface area contributed by atoms with Gasteiger partial charge in [-0.3, -0.25) is 0 Å². The van der Waals surface area contributed by atoms with E-state index in [2.05, 4.69) is 0 Å². The Balaban J connectivity index is 2.12. The molecule has 1 atom stereocenters. The summed E-state index contributed by atoms with van der Waals surface area (Å²) in [6, 6.07) is 5.71. The summed E-state index contributed by atoms with van der Waals surface area (Å²) in [5.41, 5.74) is 0. The second kappa shape index (κ2) is 6.85. The second-order valence-electron chi connectivity index (χ2n) is 3.51. The van der Waals surface area contributed by atoms with Crippen molar-refractivity contribution in [2.75, 3.05) is 13.2 Å². The molecular formula is C12H15FO4. The number of ether oxygens (including phenoxy) is 2. The van der Waals surface area contributed by atoms with E-state index in [1.54, 1.807) is 0 Å². The van der Waals surface area contributed by atoms with Gasteiger partial charge in [0.1, 0.15) is 11.6 Å². The molecule has 0 aliphatic heterocycles. The lowest BCUT2D eigenvalue weighted by Crippen LogP contribution is -2.20. The fourth-order valence-corrected chi connectivity index (χ4v) is 1.11. The number of carbonyl (C=O) groups is 1. The Hall–Kier alpha value is -1.62. The van der Waals surface area contributed by atoms with Crippen LogP contribution in [0.3, 0.4) is 0 Å². The van der Waals surface area contributed by atoms with Gasteiger partial charge in [-0.05, 0) is 31.2 Å². The SMILES string of the molecule is C[C@H](OCCCOc1ccc(F)cc1)C(=O)O. The molecule has 0 bridgehead atoms. The summed E-state index contributed by atoms with van der Waals surface area (Å²) in [5, 5.41) is 8.55. The van der Waals surface area contributed by atoms with Gasteiger partial charge in [0.2, 0.25) is 0 Å². The van der Waals surface area contributed by atoms with Gasteiger partial charge in [0.05, 0.1) is 13.2 Å². The first kappa shape index (κ1) is 13.4. The van der Waals surface area contributed by atoms with Gasteiger partial charge < -0.3 is 14.6 Å². The molecule has 1 aromatic carbocycles. The third-order valence-corrected chi connectivity index (χ3v) is 2.09. The number of hydrogen-bond donors (Lipinski definition) is 1. The summed E-state index contributed by atoms with van der Waals surface area (Å²) >= 11 is 0. The number of rotatable bonds is 7. The third-order valence-electron chi connectivity index (χ3n) is 2.09. The van der Waals surface area contributed by atoms with Gasteiger partial charge in [-0.1, -0.05) is 0 Å². The fraction of sp³-hybridized carbons (Fsp3) is 0.417. The minimum absolute atomic E-state index is 0.309. The molecule has 0 saturated heterocycles. The first-order valence-corrected chi connectivity index (χ1v) is 5.32. The summed E-state index contributed by atoms with van der Waals surface area (Å²) in [6.45, 7) is 2.19. The first-order valence-electron chi connectivity index (χ1n) is 5.32. The minimum Gasteiger partial charge on any atom is -0.494 e. The van der Waals surface area contributed by atoms with Crippen molar-refractivity contribution < 1.29 is 23.8 Å². The predicted molar refractivity (Wildman–Crippen MR) is 59.6 cm³/mol. The second-order valence-corrected chi connectivity index (χ2v) is 3.51. The lowest BCUT2D eigenvalue weighted by atomic mass is 10.3. The number of halogens is 1. The number of aliphatic carboxylic acids is 1. The van der Waals surface area contributed by atoms with Crippen molar-refractivity contribution in [2.24, 2.45) is 0 Å². The molecule has 1 rings (SSSR count). The summed E-state index contributed by atoms with van der Waals surface area (Å²) in [4.78, 5) is 10.4. The molecule has 0 aromatic heterocycles. The van der Waals surface area contributed by atoms with E-state index in [0.29, 0.717) is 25.4 Å². The molecule has 4 nitrogen and oxygen atoms in total. The first-order chi connectivity index (χ1) is 8.09. The van der Waals surface area contributed by atoms with Crippen LogP contribution in [0.25, 0.3) is 0 Å².